The molecular formula is C40H36N4O12. The zero-order valence-corrected chi connectivity index (χ0v) is 30.0. The van der Waals surface area contributed by atoms with Gasteiger partial charge in [-0.3, -0.25) is 4.79 Å². The second-order valence-electron chi connectivity index (χ2n) is 12.3. The summed E-state index contributed by atoms with van der Waals surface area (Å²) < 4.78 is 23.8. The van der Waals surface area contributed by atoms with Gasteiger partial charge in [-0.15, -0.1) is 20.2 Å². The third-order valence-electron chi connectivity index (χ3n) is 8.60. The van der Waals surface area contributed by atoms with Gasteiger partial charge in [0.2, 0.25) is 0 Å². The van der Waals surface area contributed by atoms with Crippen molar-refractivity contribution in [2.45, 2.75) is 19.3 Å². The van der Waals surface area contributed by atoms with Crippen LogP contribution in [0.3, 0.4) is 0 Å². The normalized spacial score (nSPS) is 11.4. The van der Waals surface area contributed by atoms with E-state index in [0.717, 1.165) is 21.8 Å². The number of aromatic nitrogens is 1. The molecule has 1 atom stereocenters. The number of carbonyl (C=O) groups excluding carboxylic acids is 2. The number of nitrogens with one attached hydrogen (secondary N) is 1. The molecule has 5 aromatic carbocycles. The minimum Gasteiger partial charge on any atom is -0.493 e. The quantitative estimate of drug-likeness (QED) is 0.0530. The average molecular weight is 765 g/mol. The van der Waals surface area contributed by atoms with Gasteiger partial charge in [-0.2, -0.15) is 0 Å². The van der Waals surface area contributed by atoms with E-state index in [-0.39, 0.29) is 50.6 Å². The van der Waals surface area contributed by atoms with Crippen LogP contribution in [0.5, 0.6) is 17.2 Å². The summed E-state index contributed by atoms with van der Waals surface area (Å²) in [6, 6.07) is 32.5. The third kappa shape index (κ3) is 9.79. The number of benzene rings is 5. The summed E-state index contributed by atoms with van der Waals surface area (Å²) in [5.41, 5.74) is 2.77. The van der Waals surface area contributed by atoms with E-state index in [4.69, 9.17) is 18.9 Å². The van der Waals surface area contributed by atoms with E-state index in [1.807, 2.05) is 36.4 Å². The Morgan fingerprint density at radius 2 is 1.32 bits per heavy atom. The fraction of sp³-hybridized carbons (Fsp3) is 0.200. The van der Waals surface area contributed by atoms with Crippen molar-refractivity contribution < 1.29 is 48.4 Å². The molecular weight excluding hydrogens is 728 g/mol. The highest BCUT2D eigenvalue weighted by molar-refractivity contribution is 6.10. The summed E-state index contributed by atoms with van der Waals surface area (Å²) in [6.45, 7) is -1.11. The number of nitrogens with zero attached hydrogens (tertiary/aromatic N) is 3. The van der Waals surface area contributed by atoms with Gasteiger partial charge in [0.25, 0.3) is 16.1 Å². The maximum Gasteiger partial charge on any atom is 0.338 e. The first-order valence-electron chi connectivity index (χ1n) is 17.3. The Labute approximate surface area is 319 Å². The van der Waals surface area contributed by atoms with Crippen LogP contribution in [0.15, 0.2) is 115 Å². The van der Waals surface area contributed by atoms with E-state index in [1.165, 1.54) is 30.2 Å². The molecule has 0 saturated carbocycles. The Kier molecular flexibility index (Phi) is 12.4. The Morgan fingerprint density at radius 3 is 2.04 bits per heavy atom. The largest absolute Gasteiger partial charge is 0.493 e. The molecule has 0 aliphatic heterocycles. The Hall–Kier alpha value is -7.36. The minimum atomic E-state index is -1.07. The van der Waals surface area contributed by atoms with Gasteiger partial charge in [0.05, 0.1) is 31.3 Å². The summed E-state index contributed by atoms with van der Waals surface area (Å²) in [5, 5.41) is 21.5. The standard InChI is InChI=1S/C40H36N4O12/c1-51-35-16-4-5-17-36(35)52-20-19-42(39(45)29-11-6-9-27(21-29)24-54-43(47)48)23-31(56-40(46)30-12-7-10-28(22-30)25-55-44(49)50)26-53-37-18-8-15-34-38(37)32-13-2-3-14-33(32)41-34/h2-18,21-22,31,41H,19-20,23-26H2,1H3. The van der Waals surface area contributed by atoms with E-state index >= 15 is 0 Å². The SMILES string of the molecule is COc1ccccc1OCCN(CC(COc1cccc2[nH]c3ccccc3c12)OC(=O)c1cccc(CO[N+](=O)[O-])c1)C(=O)c1cccc(CO[N+](=O)[O-])c1. The lowest BCUT2D eigenvalue weighted by Gasteiger charge is -2.28. The van der Waals surface area contributed by atoms with Gasteiger partial charge in [0, 0.05) is 21.9 Å². The second-order valence-corrected chi connectivity index (χ2v) is 12.3. The van der Waals surface area contributed by atoms with Crippen LogP contribution in [-0.2, 0) is 27.6 Å². The molecule has 1 unspecified atom stereocenters. The number of ether oxygens (including phenoxy) is 4. The molecule has 0 saturated heterocycles. The van der Waals surface area contributed by atoms with E-state index in [0.29, 0.717) is 28.4 Å². The number of hydrogen-bond acceptors (Lipinski definition) is 12. The van der Waals surface area contributed by atoms with Gasteiger partial charge >= 0.3 is 5.97 Å². The summed E-state index contributed by atoms with van der Waals surface area (Å²) in [7, 11) is 1.51. The number of para-hydroxylation sites is 3. The highest BCUT2D eigenvalue weighted by Gasteiger charge is 2.26. The lowest BCUT2D eigenvalue weighted by Crippen LogP contribution is -2.43. The molecule has 0 radical (unpaired) electrons. The maximum atomic E-state index is 14.2. The molecule has 6 rings (SSSR count). The van der Waals surface area contributed by atoms with Crippen molar-refractivity contribution in [1.82, 2.24) is 9.88 Å². The van der Waals surface area contributed by atoms with E-state index in [2.05, 4.69) is 14.7 Å². The van der Waals surface area contributed by atoms with E-state index < -0.39 is 28.2 Å². The van der Waals surface area contributed by atoms with E-state index in [9.17, 15) is 29.8 Å². The van der Waals surface area contributed by atoms with Gasteiger partial charge in [-0.1, -0.05) is 60.7 Å². The smallest absolute Gasteiger partial charge is 0.338 e. The molecule has 0 bridgehead atoms. The van der Waals surface area contributed by atoms with Gasteiger partial charge in [0.1, 0.15) is 32.2 Å². The number of esters is 1. The number of carbonyl (C=O) groups is 2. The Morgan fingerprint density at radius 1 is 0.714 bits per heavy atom. The first kappa shape index (κ1) is 38.4. The molecule has 0 aliphatic rings. The number of fused-ring (bicyclic) bond motifs is 3. The van der Waals surface area contributed by atoms with Crippen LogP contribution in [0, 0.1) is 20.2 Å². The topological polar surface area (TPSA) is 195 Å². The Balaban J connectivity index is 1.30. The van der Waals surface area contributed by atoms with Gasteiger partial charge in [0.15, 0.2) is 17.6 Å². The molecule has 0 fully saturated rings. The van der Waals surface area contributed by atoms with Gasteiger partial charge < -0.3 is 38.5 Å². The predicted molar refractivity (Wildman–Crippen MR) is 201 cm³/mol. The molecule has 1 N–H and O–H groups in total. The van der Waals surface area contributed by atoms with Gasteiger partial charge in [-0.05, 0) is 65.7 Å². The minimum absolute atomic E-state index is 0.00486. The number of hydrogen-bond donors (Lipinski definition) is 1. The zero-order valence-electron chi connectivity index (χ0n) is 30.0. The molecule has 1 amide bonds. The lowest BCUT2D eigenvalue weighted by molar-refractivity contribution is -0.763. The van der Waals surface area contributed by atoms with Crippen LogP contribution in [-0.4, -0.2) is 71.5 Å². The van der Waals surface area contributed by atoms with Crippen LogP contribution >= 0.6 is 0 Å². The van der Waals surface area contributed by atoms with Crippen molar-refractivity contribution in [3.8, 4) is 17.2 Å². The highest BCUT2D eigenvalue weighted by atomic mass is 17.0. The lowest BCUT2D eigenvalue weighted by atomic mass is 10.1. The molecule has 1 heterocycles. The van der Waals surface area contributed by atoms with Crippen LogP contribution in [0.2, 0.25) is 0 Å². The van der Waals surface area contributed by atoms with Crippen LogP contribution < -0.4 is 14.2 Å². The van der Waals surface area contributed by atoms with Crippen LogP contribution in [0.25, 0.3) is 21.8 Å². The summed E-state index contributed by atoms with van der Waals surface area (Å²) in [4.78, 5) is 63.4. The van der Waals surface area contributed by atoms with Crippen molar-refractivity contribution >= 4 is 33.7 Å². The molecule has 1 aromatic heterocycles. The van der Waals surface area contributed by atoms with Gasteiger partial charge in [-0.25, -0.2) is 4.79 Å². The predicted octanol–water partition coefficient (Wildman–Crippen LogP) is 6.57. The third-order valence-corrected chi connectivity index (χ3v) is 8.60. The fourth-order valence-corrected chi connectivity index (χ4v) is 6.06. The fourth-order valence-electron chi connectivity index (χ4n) is 6.06. The first-order valence-corrected chi connectivity index (χ1v) is 17.3. The molecule has 56 heavy (non-hydrogen) atoms. The molecule has 0 aliphatic carbocycles. The van der Waals surface area contributed by atoms with Crippen molar-refractivity contribution in [3.63, 3.8) is 0 Å². The number of aromatic amines is 1. The Bertz CT molecular complexity index is 2350. The number of rotatable bonds is 19. The van der Waals surface area contributed by atoms with E-state index in [1.54, 1.807) is 60.7 Å². The van der Waals surface area contributed by atoms with Crippen LogP contribution in [0.1, 0.15) is 31.8 Å². The molecule has 6 aromatic rings. The number of amides is 1. The molecule has 0 spiro atoms. The average Bonchev–Trinajstić information content (AvgIpc) is 3.60. The summed E-state index contributed by atoms with van der Waals surface area (Å²) >= 11 is 0. The zero-order chi connectivity index (χ0) is 39.4. The summed E-state index contributed by atoms with van der Waals surface area (Å²) in [6.07, 6.45) is -1.07. The van der Waals surface area contributed by atoms with Crippen molar-refractivity contribution in [3.05, 3.63) is 158 Å². The summed E-state index contributed by atoms with van der Waals surface area (Å²) in [5.74, 6) is 0.177. The highest BCUT2D eigenvalue weighted by Crippen LogP contribution is 2.33. The molecule has 288 valence electrons. The first-order chi connectivity index (χ1) is 27.2. The molecule has 16 nitrogen and oxygen atoms in total. The van der Waals surface area contributed by atoms with Crippen molar-refractivity contribution in [2.24, 2.45) is 0 Å². The number of H-pyrrole nitrogens is 1. The second kappa shape index (κ2) is 18.1. The monoisotopic (exact) mass is 764 g/mol. The maximum absolute atomic E-state index is 14.2. The molecule has 16 heteroatoms. The van der Waals surface area contributed by atoms with Crippen molar-refractivity contribution in [2.75, 3.05) is 33.4 Å². The van der Waals surface area contributed by atoms with Crippen molar-refractivity contribution in [1.29, 1.82) is 0 Å². The van der Waals surface area contributed by atoms with Crippen LogP contribution in [0.4, 0.5) is 0 Å². The number of methoxy groups -OCH3 is 1.